The van der Waals surface area contributed by atoms with Crippen LogP contribution in [0.3, 0.4) is 0 Å². The second-order valence-electron chi connectivity index (χ2n) is 5.16. The van der Waals surface area contributed by atoms with Crippen molar-refractivity contribution in [1.82, 2.24) is 9.62 Å². The van der Waals surface area contributed by atoms with Crippen LogP contribution in [0, 0.1) is 11.6 Å². The number of hydrogen-bond acceptors (Lipinski definition) is 4. The number of halogens is 2. The van der Waals surface area contributed by atoms with Gasteiger partial charge < -0.3 is 10.0 Å². The van der Waals surface area contributed by atoms with Gasteiger partial charge in [0.25, 0.3) is 0 Å². The molecule has 8 heteroatoms. The molecule has 0 saturated carbocycles. The van der Waals surface area contributed by atoms with E-state index in [2.05, 4.69) is 4.72 Å². The van der Waals surface area contributed by atoms with E-state index < -0.39 is 39.2 Å². The summed E-state index contributed by atoms with van der Waals surface area (Å²) in [5, 5.41) is 8.96. The topological polar surface area (TPSA) is 69.6 Å². The molecule has 1 aromatic carbocycles. The summed E-state index contributed by atoms with van der Waals surface area (Å²) in [6.45, 7) is 1.72. The van der Waals surface area contributed by atoms with Crippen molar-refractivity contribution in [1.29, 1.82) is 0 Å². The molecule has 1 rings (SSSR count). The molecule has 0 aliphatic rings. The summed E-state index contributed by atoms with van der Waals surface area (Å²) in [4.78, 5) is 1.10. The molecule has 1 aromatic rings. The molecule has 0 bridgehead atoms. The van der Waals surface area contributed by atoms with E-state index in [1.54, 1.807) is 6.92 Å². The van der Waals surface area contributed by atoms with Crippen molar-refractivity contribution in [2.24, 2.45) is 0 Å². The molecule has 0 radical (unpaired) electrons. The first kappa shape index (κ1) is 18.0. The first-order valence-electron chi connectivity index (χ1n) is 6.43. The summed E-state index contributed by atoms with van der Waals surface area (Å²) in [5.41, 5.74) is -0.00443. The zero-order chi connectivity index (χ0) is 16.2. The molecule has 0 aromatic heterocycles. The molecule has 0 spiro atoms. The van der Waals surface area contributed by atoms with E-state index in [0.717, 1.165) is 12.1 Å². The van der Waals surface area contributed by atoms with Crippen molar-refractivity contribution in [3.05, 3.63) is 29.3 Å². The molecular weight excluding hydrogens is 302 g/mol. The highest BCUT2D eigenvalue weighted by Gasteiger charge is 2.24. The summed E-state index contributed by atoms with van der Waals surface area (Å²) < 4.78 is 53.6. The Morgan fingerprint density at radius 1 is 1.33 bits per heavy atom. The van der Waals surface area contributed by atoms with Gasteiger partial charge in [-0.3, -0.25) is 0 Å². The fraction of sp³-hybridized carbons (Fsp3) is 0.538. The van der Waals surface area contributed by atoms with Gasteiger partial charge in [0.05, 0.1) is 6.61 Å². The highest BCUT2D eigenvalue weighted by atomic mass is 32.2. The SMILES string of the molecule is CC(CCN(C)C)NS(=O)(=O)c1cc(CO)cc(F)c1F. The molecule has 0 aliphatic carbocycles. The molecule has 0 heterocycles. The van der Waals surface area contributed by atoms with Gasteiger partial charge >= 0.3 is 0 Å². The van der Waals surface area contributed by atoms with Crippen molar-refractivity contribution in [2.75, 3.05) is 20.6 Å². The van der Waals surface area contributed by atoms with Crippen molar-refractivity contribution < 1.29 is 22.3 Å². The predicted octanol–water partition coefficient (Wildman–Crippen LogP) is 1.08. The average Bonchev–Trinajstić information content (AvgIpc) is 2.38. The highest BCUT2D eigenvalue weighted by Crippen LogP contribution is 2.20. The maximum Gasteiger partial charge on any atom is 0.243 e. The fourth-order valence-electron chi connectivity index (χ4n) is 1.74. The lowest BCUT2D eigenvalue weighted by molar-refractivity contribution is 0.280. The van der Waals surface area contributed by atoms with Gasteiger partial charge in [-0.2, -0.15) is 0 Å². The Kier molecular flexibility index (Phi) is 6.21. The third-order valence-corrected chi connectivity index (χ3v) is 4.48. The van der Waals surface area contributed by atoms with Gasteiger partial charge in [0.15, 0.2) is 11.6 Å². The number of sulfonamides is 1. The van der Waals surface area contributed by atoms with Crippen LogP contribution in [-0.4, -0.2) is 45.1 Å². The predicted molar refractivity (Wildman–Crippen MR) is 75.2 cm³/mol. The van der Waals surface area contributed by atoms with Crippen LogP contribution in [0.1, 0.15) is 18.9 Å². The van der Waals surface area contributed by atoms with E-state index in [9.17, 15) is 17.2 Å². The molecule has 0 amide bonds. The molecular formula is C13H20F2N2O3S. The van der Waals surface area contributed by atoms with Gasteiger partial charge in [-0.25, -0.2) is 21.9 Å². The monoisotopic (exact) mass is 322 g/mol. The largest absolute Gasteiger partial charge is 0.392 e. The third kappa shape index (κ3) is 4.99. The van der Waals surface area contributed by atoms with Crippen LogP contribution in [0.15, 0.2) is 17.0 Å². The number of nitrogens with one attached hydrogen (secondary N) is 1. The van der Waals surface area contributed by atoms with E-state index in [1.165, 1.54) is 0 Å². The molecule has 0 saturated heterocycles. The van der Waals surface area contributed by atoms with Crippen molar-refractivity contribution in [2.45, 2.75) is 30.9 Å². The Labute approximate surface area is 123 Å². The Balaban J connectivity index is 3.00. The minimum Gasteiger partial charge on any atom is -0.392 e. The first-order valence-corrected chi connectivity index (χ1v) is 7.91. The van der Waals surface area contributed by atoms with Gasteiger partial charge in [0.2, 0.25) is 10.0 Å². The number of aliphatic hydroxyl groups excluding tert-OH is 1. The summed E-state index contributed by atoms with van der Waals surface area (Å²) in [5.74, 6) is -2.75. The zero-order valence-corrected chi connectivity index (χ0v) is 13.0. The third-order valence-electron chi connectivity index (χ3n) is 2.89. The average molecular weight is 322 g/mol. The van der Waals surface area contributed by atoms with Gasteiger partial charge in [-0.05, 0) is 51.7 Å². The number of hydrogen-bond donors (Lipinski definition) is 2. The summed E-state index contributed by atoms with van der Waals surface area (Å²) in [6.07, 6.45) is 0.524. The molecule has 5 nitrogen and oxygen atoms in total. The molecule has 2 N–H and O–H groups in total. The smallest absolute Gasteiger partial charge is 0.243 e. The molecule has 0 aliphatic heterocycles. The van der Waals surface area contributed by atoms with Crippen LogP contribution in [0.4, 0.5) is 8.78 Å². The van der Waals surface area contributed by atoms with Gasteiger partial charge in [0, 0.05) is 6.04 Å². The van der Waals surface area contributed by atoms with E-state index >= 15 is 0 Å². The van der Waals surface area contributed by atoms with Crippen LogP contribution in [0.2, 0.25) is 0 Å². The molecule has 120 valence electrons. The van der Waals surface area contributed by atoms with Crippen LogP contribution in [0.5, 0.6) is 0 Å². The summed E-state index contributed by atoms with van der Waals surface area (Å²) in [7, 11) is -0.491. The van der Waals surface area contributed by atoms with Crippen molar-refractivity contribution in [3.63, 3.8) is 0 Å². The molecule has 0 fully saturated rings. The van der Waals surface area contributed by atoms with Gasteiger partial charge in [-0.1, -0.05) is 0 Å². The minimum absolute atomic E-state index is 0.00443. The van der Waals surface area contributed by atoms with Crippen LogP contribution in [-0.2, 0) is 16.6 Å². The number of benzene rings is 1. The van der Waals surface area contributed by atoms with Crippen molar-refractivity contribution in [3.8, 4) is 0 Å². The zero-order valence-electron chi connectivity index (χ0n) is 12.2. The van der Waals surface area contributed by atoms with Crippen LogP contribution >= 0.6 is 0 Å². The van der Waals surface area contributed by atoms with E-state index in [-0.39, 0.29) is 5.56 Å². The van der Waals surface area contributed by atoms with Gasteiger partial charge in [0.1, 0.15) is 4.90 Å². The Hall–Kier alpha value is -1.09. The second kappa shape index (κ2) is 7.26. The second-order valence-corrected chi connectivity index (χ2v) is 6.84. The molecule has 1 atom stereocenters. The minimum atomic E-state index is -4.19. The van der Waals surface area contributed by atoms with E-state index in [0.29, 0.717) is 13.0 Å². The normalized spacial score (nSPS) is 13.7. The molecule has 1 unspecified atom stereocenters. The lowest BCUT2D eigenvalue weighted by atomic mass is 10.2. The van der Waals surface area contributed by atoms with Gasteiger partial charge in [-0.15, -0.1) is 0 Å². The Morgan fingerprint density at radius 2 is 1.95 bits per heavy atom. The lowest BCUT2D eigenvalue weighted by Gasteiger charge is -2.17. The number of nitrogens with zero attached hydrogens (tertiary/aromatic N) is 1. The van der Waals surface area contributed by atoms with Crippen LogP contribution < -0.4 is 4.72 Å². The number of rotatable bonds is 7. The lowest BCUT2D eigenvalue weighted by Crippen LogP contribution is -2.35. The Morgan fingerprint density at radius 3 is 2.48 bits per heavy atom. The molecule has 21 heavy (non-hydrogen) atoms. The maximum atomic E-state index is 13.7. The van der Waals surface area contributed by atoms with Crippen molar-refractivity contribution >= 4 is 10.0 Å². The summed E-state index contributed by atoms with van der Waals surface area (Å²) >= 11 is 0. The van der Waals surface area contributed by atoms with Crippen LogP contribution in [0.25, 0.3) is 0 Å². The number of aliphatic hydroxyl groups is 1. The highest BCUT2D eigenvalue weighted by molar-refractivity contribution is 7.89. The quantitative estimate of drug-likeness (QED) is 0.788. The summed E-state index contributed by atoms with van der Waals surface area (Å²) in [6, 6.07) is 1.26. The fourth-order valence-corrected chi connectivity index (χ4v) is 3.16. The van der Waals surface area contributed by atoms with E-state index in [4.69, 9.17) is 5.11 Å². The standard InChI is InChI=1S/C13H20F2N2O3S/c1-9(4-5-17(2)3)16-21(19,20)12-7-10(8-18)6-11(14)13(12)15/h6-7,9,16,18H,4-5,8H2,1-3H3. The Bertz CT molecular complexity index is 591. The first-order chi connectivity index (χ1) is 9.67. The van der Waals surface area contributed by atoms with E-state index in [1.807, 2.05) is 19.0 Å². The maximum absolute atomic E-state index is 13.7.